The van der Waals surface area contributed by atoms with Gasteiger partial charge in [-0.15, -0.1) is 0 Å². The standard InChI is InChI=1S/C17H24BrFN2O/c1-11-6-12(2)9-21(8-11)10-13(3)20-17(22)15-5-4-14(18)7-16(15)19/h4-5,7,11-13H,6,8-10H2,1-3H3,(H,20,22). The number of carbonyl (C=O) groups is 1. The Hall–Kier alpha value is -0.940. The molecule has 5 heteroatoms. The van der Waals surface area contributed by atoms with Crippen LogP contribution >= 0.6 is 15.9 Å². The number of hydrogen-bond donors (Lipinski definition) is 1. The fourth-order valence-electron chi connectivity index (χ4n) is 3.35. The molecule has 0 spiro atoms. The zero-order valence-electron chi connectivity index (χ0n) is 13.4. The van der Waals surface area contributed by atoms with E-state index in [-0.39, 0.29) is 17.5 Å². The third-order valence-electron chi connectivity index (χ3n) is 4.03. The number of hydrogen-bond acceptors (Lipinski definition) is 2. The topological polar surface area (TPSA) is 32.3 Å². The first kappa shape index (κ1) is 17.4. The molecule has 1 saturated heterocycles. The predicted molar refractivity (Wildman–Crippen MR) is 90.4 cm³/mol. The van der Waals surface area contributed by atoms with Gasteiger partial charge >= 0.3 is 0 Å². The highest BCUT2D eigenvalue weighted by Crippen LogP contribution is 2.21. The second-order valence-electron chi connectivity index (χ2n) is 6.66. The lowest BCUT2D eigenvalue weighted by Crippen LogP contribution is -2.47. The molecule has 3 nitrogen and oxygen atoms in total. The largest absolute Gasteiger partial charge is 0.348 e. The van der Waals surface area contributed by atoms with Crippen molar-refractivity contribution in [1.82, 2.24) is 10.2 Å². The second kappa shape index (κ2) is 7.55. The number of piperidine rings is 1. The van der Waals surface area contributed by atoms with Crippen LogP contribution in [0.3, 0.4) is 0 Å². The molecule has 1 aliphatic heterocycles. The molecule has 1 aromatic carbocycles. The molecule has 1 N–H and O–H groups in total. The Bertz CT molecular complexity index is 527. The zero-order chi connectivity index (χ0) is 16.3. The summed E-state index contributed by atoms with van der Waals surface area (Å²) in [6, 6.07) is 4.49. The number of amides is 1. The van der Waals surface area contributed by atoms with Gasteiger partial charge in [0.25, 0.3) is 5.91 Å². The van der Waals surface area contributed by atoms with Gasteiger partial charge in [0.05, 0.1) is 5.56 Å². The molecule has 1 fully saturated rings. The van der Waals surface area contributed by atoms with Crippen LogP contribution in [0.15, 0.2) is 22.7 Å². The van der Waals surface area contributed by atoms with Crippen LogP contribution in [-0.4, -0.2) is 36.5 Å². The Kier molecular flexibility index (Phi) is 5.98. The minimum Gasteiger partial charge on any atom is -0.348 e. The van der Waals surface area contributed by atoms with Crippen LogP contribution in [-0.2, 0) is 0 Å². The van der Waals surface area contributed by atoms with Crippen molar-refractivity contribution in [1.29, 1.82) is 0 Å². The average molecular weight is 371 g/mol. The van der Waals surface area contributed by atoms with Crippen LogP contribution in [0.2, 0.25) is 0 Å². The van der Waals surface area contributed by atoms with E-state index in [1.807, 2.05) is 6.92 Å². The van der Waals surface area contributed by atoms with Gasteiger partial charge < -0.3 is 10.2 Å². The van der Waals surface area contributed by atoms with Crippen molar-refractivity contribution in [2.75, 3.05) is 19.6 Å². The number of carbonyl (C=O) groups excluding carboxylic acids is 1. The van der Waals surface area contributed by atoms with Gasteiger partial charge in [0.2, 0.25) is 0 Å². The van der Waals surface area contributed by atoms with E-state index in [2.05, 4.69) is 40.0 Å². The first-order chi connectivity index (χ1) is 10.3. The summed E-state index contributed by atoms with van der Waals surface area (Å²) in [5.74, 6) is 0.529. The van der Waals surface area contributed by atoms with Crippen LogP contribution in [0.5, 0.6) is 0 Å². The number of likely N-dealkylation sites (tertiary alicyclic amines) is 1. The van der Waals surface area contributed by atoms with Crippen molar-refractivity contribution < 1.29 is 9.18 Å². The van der Waals surface area contributed by atoms with Crippen LogP contribution in [0, 0.1) is 17.7 Å². The van der Waals surface area contributed by atoms with Crippen LogP contribution in [0.4, 0.5) is 4.39 Å². The molecule has 0 radical (unpaired) electrons. The molecule has 22 heavy (non-hydrogen) atoms. The van der Waals surface area contributed by atoms with Gasteiger partial charge in [0, 0.05) is 30.1 Å². The maximum atomic E-state index is 13.8. The highest BCUT2D eigenvalue weighted by Gasteiger charge is 2.23. The van der Waals surface area contributed by atoms with E-state index in [1.54, 1.807) is 6.07 Å². The van der Waals surface area contributed by atoms with Crippen molar-refractivity contribution in [2.24, 2.45) is 11.8 Å². The molecule has 3 atom stereocenters. The van der Waals surface area contributed by atoms with E-state index >= 15 is 0 Å². The lowest BCUT2D eigenvalue weighted by molar-refractivity contribution is 0.0901. The molecule has 122 valence electrons. The summed E-state index contributed by atoms with van der Waals surface area (Å²) in [4.78, 5) is 14.6. The van der Waals surface area contributed by atoms with Gasteiger partial charge in [-0.3, -0.25) is 4.79 Å². The Labute approximate surface area is 140 Å². The summed E-state index contributed by atoms with van der Waals surface area (Å²) < 4.78 is 14.4. The normalized spacial score (nSPS) is 24.0. The lowest BCUT2D eigenvalue weighted by atomic mass is 9.92. The maximum absolute atomic E-state index is 13.8. The smallest absolute Gasteiger partial charge is 0.254 e. The molecular formula is C17H24BrFN2O. The van der Waals surface area contributed by atoms with Crippen LogP contribution < -0.4 is 5.32 Å². The molecule has 1 aromatic rings. The molecule has 0 bridgehead atoms. The SMILES string of the molecule is CC1CC(C)CN(CC(C)NC(=O)c2ccc(Br)cc2F)C1. The average Bonchev–Trinajstić information content (AvgIpc) is 2.36. The van der Waals surface area contributed by atoms with Gasteiger partial charge in [-0.1, -0.05) is 29.8 Å². The first-order valence-electron chi connectivity index (χ1n) is 7.83. The summed E-state index contributed by atoms with van der Waals surface area (Å²) in [6.07, 6.45) is 1.27. The Morgan fingerprint density at radius 1 is 1.41 bits per heavy atom. The highest BCUT2D eigenvalue weighted by molar-refractivity contribution is 9.10. The van der Waals surface area contributed by atoms with Crippen molar-refractivity contribution >= 4 is 21.8 Å². The van der Waals surface area contributed by atoms with E-state index in [0.29, 0.717) is 16.3 Å². The molecule has 1 aliphatic rings. The first-order valence-corrected chi connectivity index (χ1v) is 8.62. The van der Waals surface area contributed by atoms with Gasteiger partial charge in [-0.05, 0) is 43.4 Å². The van der Waals surface area contributed by atoms with E-state index in [4.69, 9.17) is 0 Å². The van der Waals surface area contributed by atoms with Crippen LogP contribution in [0.25, 0.3) is 0 Å². The minimum atomic E-state index is -0.501. The Balaban J connectivity index is 1.91. The van der Waals surface area contributed by atoms with Crippen molar-refractivity contribution in [3.63, 3.8) is 0 Å². The molecule has 0 aliphatic carbocycles. The van der Waals surface area contributed by atoms with Gasteiger partial charge in [0.15, 0.2) is 0 Å². The fraction of sp³-hybridized carbons (Fsp3) is 0.588. The quantitative estimate of drug-likeness (QED) is 0.876. The summed E-state index contributed by atoms with van der Waals surface area (Å²) >= 11 is 3.19. The molecule has 0 saturated carbocycles. The monoisotopic (exact) mass is 370 g/mol. The Morgan fingerprint density at radius 2 is 2.05 bits per heavy atom. The maximum Gasteiger partial charge on any atom is 0.254 e. The summed E-state index contributed by atoms with van der Waals surface area (Å²) in [7, 11) is 0. The zero-order valence-corrected chi connectivity index (χ0v) is 15.0. The van der Waals surface area contributed by atoms with E-state index in [0.717, 1.165) is 19.6 Å². The minimum absolute atomic E-state index is 0.00644. The predicted octanol–water partition coefficient (Wildman–Crippen LogP) is 3.68. The van der Waals surface area contributed by atoms with Crippen molar-refractivity contribution in [3.8, 4) is 0 Å². The second-order valence-corrected chi connectivity index (χ2v) is 7.58. The molecule has 2 rings (SSSR count). The molecular weight excluding hydrogens is 347 g/mol. The van der Waals surface area contributed by atoms with Gasteiger partial charge in [0.1, 0.15) is 5.82 Å². The van der Waals surface area contributed by atoms with E-state index in [9.17, 15) is 9.18 Å². The molecule has 3 unspecified atom stereocenters. The number of halogens is 2. The third kappa shape index (κ3) is 4.78. The summed E-state index contributed by atoms with van der Waals surface area (Å²) in [6.45, 7) is 9.44. The number of benzene rings is 1. The number of rotatable bonds is 4. The van der Waals surface area contributed by atoms with Crippen LogP contribution in [0.1, 0.15) is 37.6 Å². The number of nitrogens with zero attached hydrogens (tertiary/aromatic N) is 1. The molecule has 1 heterocycles. The third-order valence-corrected chi connectivity index (χ3v) is 4.52. The summed E-state index contributed by atoms with van der Waals surface area (Å²) in [5.41, 5.74) is 0.0930. The summed E-state index contributed by atoms with van der Waals surface area (Å²) in [5, 5.41) is 2.90. The van der Waals surface area contributed by atoms with Crippen molar-refractivity contribution in [3.05, 3.63) is 34.1 Å². The number of nitrogens with one attached hydrogen (secondary N) is 1. The van der Waals surface area contributed by atoms with Gasteiger partial charge in [-0.25, -0.2) is 4.39 Å². The fourth-order valence-corrected chi connectivity index (χ4v) is 3.68. The molecule has 0 aromatic heterocycles. The van der Waals surface area contributed by atoms with E-state index < -0.39 is 5.82 Å². The van der Waals surface area contributed by atoms with Crippen molar-refractivity contribution in [2.45, 2.75) is 33.2 Å². The highest BCUT2D eigenvalue weighted by atomic mass is 79.9. The Morgan fingerprint density at radius 3 is 2.64 bits per heavy atom. The lowest BCUT2D eigenvalue weighted by Gasteiger charge is -2.36. The molecule has 1 amide bonds. The van der Waals surface area contributed by atoms with Gasteiger partial charge in [-0.2, -0.15) is 0 Å². The van der Waals surface area contributed by atoms with E-state index in [1.165, 1.54) is 18.6 Å².